The smallest absolute Gasteiger partial charge is 0.251 e. The molecule has 0 atom stereocenters. The first kappa shape index (κ1) is 15.5. The van der Waals surface area contributed by atoms with Crippen molar-refractivity contribution >= 4 is 11.7 Å². The van der Waals surface area contributed by atoms with Gasteiger partial charge in [-0.3, -0.25) is 9.59 Å². The van der Waals surface area contributed by atoms with Crippen LogP contribution in [0.4, 0.5) is 0 Å². The lowest BCUT2D eigenvalue weighted by molar-refractivity contribution is 0.0946. The van der Waals surface area contributed by atoms with E-state index in [0.29, 0.717) is 22.6 Å². The summed E-state index contributed by atoms with van der Waals surface area (Å²) < 4.78 is 0. The molecule has 0 heterocycles. The van der Waals surface area contributed by atoms with Crippen LogP contribution < -0.4 is 5.32 Å². The van der Waals surface area contributed by atoms with E-state index in [1.165, 1.54) is 25.7 Å². The van der Waals surface area contributed by atoms with Gasteiger partial charge >= 0.3 is 0 Å². The third kappa shape index (κ3) is 3.86. The molecule has 1 aliphatic rings. The Morgan fingerprint density at radius 2 is 1.39 bits per heavy atom. The first-order valence-corrected chi connectivity index (χ1v) is 8.22. The average molecular weight is 307 g/mol. The van der Waals surface area contributed by atoms with Crippen LogP contribution in [0.1, 0.15) is 52.0 Å². The minimum Gasteiger partial charge on any atom is -0.352 e. The first-order valence-electron chi connectivity index (χ1n) is 8.22. The number of hydrogen-bond donors (Lipinski definition) is 1. The molecule has 0 spiro atoms. The van der Waals surface area contributed by atoms with Gasteiger partial charge in [0, 0.05) is 23.2 Å². The Bertz CT molecular complexity index is 671. The van der Waals surface area contributed by atoms with E-state index >= 15 is 0 Å². The van der Waals surface area contributed by atoms with Crippen LogP contribution in [0.3, 0.4) is 0 Å². The molecule has 0 radical (unpaired) electrons. The van der Waals surface area contributed by atoms with Crippen molar-refractivity contribution in [1.82, 2.24) is 5.32 Å². The van der Waals surface area contributed by atoms with Gasteiger partial charge in [-0.2, -0.15) is 0 Å². The van der Waals surface area contributed by atoms with E-state index in [9.17, 15) is 9.59 Å². The number of carbonyl (C=O) groups is 2. The molecule has 1 N–H and O–H groups in total. The second-order valence-corrected chi connectivity index (χ2v) is 6.13. The van der Waals surface area contributed by atoms with Crippen molar-refractivity contribution in [3.05, 3.63) is 71.3 Å². The summed E-state index contributed by atoms with van der Waals surface area (Å²) in [5.41, 5.74) is 1.86. The molecule has 1 amide bonds. The maximum atomic E-state index is 12.3. The highest BCUT2D eigenvalue weighted by Gasteiger charge is 2.16. The lowest BCUT2D eigenvalue weighted by Gasteiger charge is -2.10. The van der Waals surface area contributed by atoms with Gasteiger partial charge < -0.3 is 5.32 Å². The van der Waals surface area contributed by atoms with Gasteiger partial charge in [0.05, 0.1) is 0 Å². The number of ketones is 1. The molecular formula is C20H21NO2. The molecule has 0 aromatic heterocycles. The van der Waals surface area contributed by atoms with Crippen LogP contribution in [-0.4, -0.2) is 18.2 Å². The third-order valence-corrected chi connectivity index (χ3v) is 4.47. The van der Waals surface area contributed by atoms with Crippen molar-refractivity contribution in [3.8, 4) is 0 Å². The van der Waals surface area contributed by atoms with Gasteiger partial charge in [0.15, 0.2) is 5.78 Å². The van der Waals surface area contributed by atoms with E-state index in [2.05, 4.69) is 5.32 Å². The van der Waals surface area contributed by atoms with Gasteiger partial charge in [-0.15, -0.1) is 0 Å². The lowest BCUT2D eigenvalue weighted by Crippen LogP contribution is -2.28. The fourth-order valence-corrected chi connectivity index (χ4v) is 3.08. The van der Waals surface area contributed by atoms with Crippen LogP contribution in [0.25, 0.3) is 0 Å². The minimum absolute atomic E-state index is 0.0245. The number of nitrogens with one attached hydrogen (secondary N) is 1. The zero-order valence-electron chi connectivity index (χ0n) is 13.1. The Hall–Kier alpha value is -2.42. The van der Waals surface area contributed by atoms with Crippen LogP contribution in [-0.2, 0) is 0 Å². The number of rotatable bonds is 5. The van der Waals surface area contributed by atoms with E-state index in [1.807, 2.05) is 18.2 Å². The Labute approximate surface area is 136 Å². The van der Waals surface area contributed by atoms with Crippen molar-refractivity contribution in [2.75, 3.05) is 6.54 Å². The topological polar surface area (TPSA) is 46.2 Å². The molecule has 23 heavy (non-hydrogen) atoms. The van der Waals surface area contributed by atoms with E-state index < -0.39 is 0 Å². The van der Waals surface area contributed by atoms with Gasteiger partial charge in [0.1, 0.15) is 0 Å². The molecule has 0 saturated heterocycles. The first-order chi connectivity index (χ1) is 11.2. The maximum absolute atomic E-state index is 12.3. The van der Waals surface area contributed by atoms with Gasteiger partial charge in [-0.05, 0) is 30.9 Å². The summed E-state index contributed by atoms with van der Waals surface area (Å²) in [6, 6.07) is 16.1. The molecule has 3 heteroatoms. The predicted molar refractivity (Wildman–Crippen MR) is 90.6 cm³/mol. The van der Waals surface area contributed by atoms with E-state index in [-0.39, 0.29) is 11.7 Å². The zero-order valence-corrected chi connectivity index (χ0v) is 13.1. The fourth-order valence-electron chi connectivity index (χ4n) is 3.08. The molecule has 1 fully saturated rings. The molecule has 0 unspecified atom stereocenters. The van der Waals surface area contributed by atoms with Gasteiger partial charge in [0.2, 0.25) is 0 Å². The maximum Gasteiger partial charge on any atom is 0.251 e. The highest BCUT2D eigenvalue weighted by molar-refractivity contribution is 6.09. The Morgan fingerprint density at radius 1 is 0.826 bits per heavy atom. The van der Waals surface area contributed by atoms with Crippen molar-refractivity contribution < 1.29 is 9.59 Å². The fraction of sp³-hybridized carbons (Fsp3) is 0.300. The molecule has 0 bridgehead atoms. The van der Waals surface area contributed by atoms with Crippen LogP contribution in [0.5, 0.6) is 0 Å². The quantitative estimate of drug-likeness (QED) is 0.853. The van der Waals surface area contributed by atoms with E-state index in [0.717, 1.165) is 6.54 Å². The molecule has 1 aliphatic carbocycles. The Kier molecular flexibility index (Phi) is 4.86. The summed E-state index contributed by atoms with van der Waals surface area (Å²) in [4.78, 5) is 24.5. The monoisotopic (exact) mass is 307 g/mol. The summed E-state index contributed by atoms with van der Waals surface area (Å²) >= 11 is 0. The van der Waals surface area contributed by atoms with Crippen LogP contribution in [0.2, 0.25) is 0 Å². The molecule has 118 valence electrons. The molecule has 3 nitrogen and oxygen atoms in total. The van der Waals surface area contributed by atoms with Crippen LogP contribution in [0, 0.1) is 5.92 Å². The molecule has 0 aliphatic heterocycles. The Morgan fingerprint density at radius 3 is 2.04 bits per heavy atom. The molecule has 1 saturated carbocycles. The number of amides is 1. The highest BCUT2D eigenvalue weighted by Crippen LogP contribution is 2.23. The molecule has 3 rings (SSSR count). The predicted octanol–water partition coefficient (Wildman–Crippen LogP) is 3.84. The summed E-state index contributed by atoms with van der Waals surface area (Å²) in [5.74, 6) is 0.539. The SMILES string of the molecule is O=C(NCC1CCCC1)c1ccc(C(=O)c2ccccc2)cc1. The average Bonchev–Trinajstić information content (AvgIpc) is 3.13. The van der Waals surface area contributed by atoms with Gasteiger partial charge in [-0.25, -0.2) is 0 Å². The number of hydrogen-bond acceptors (Lipinski definition) is 2. The van der Waals surface area contributed by atoms with Crippen LogP contribution in [0.15, 0.2) is 54.6 Å². The molecule has 2 aromatic rings. The Balaban J connectivity index is 1.62. The van der Waals surface area contributed by atoms with Crippen molar-refractivity contribution in [1.29, 1.82) is 0 Å². The summed E-state index contributed by atoms with van der Waals surface area (Å²) in [6.07, 6.45) is 4.98. The van der Waals surface area contributed by atoms with Crippen molar-refractivity contribution in [2.24, 2.45) is 5.92 Å². The number of benzene rings is 2. The van der Waals surface area contributed by atoms with E-state index in [1.54, 1.807) is 36.4 Å². The van der Waals surface area contributed by atoms with Gasteiger partial charge in [-0.1, -0.05) is 55.3 Å². The van der Waals surface area contributed by atoms with Crippen LogP contribution >= 0.6 is 0 Å². The second kappa shape index (κ2) is 7.23. The largest absolute Gasteiger partial charge is 0.352 e. The molecule has 2 aromatic carbocycles. The lowest BCUT2D eigenvalue weighted by atomic mass is 10.0. The summed E-state index contributed by atoms with van der Waals surface area (Å²) in [5, 5.41) is 3.00. The van der Waals surface area contributed by atoms with Gasteiger partial charge in [0.25, 0.3) is 5.91 Å². The summed E-state index contributed by atoms with van der Waals surface area (Å²) in [7, 11) is 0. The standard InChI is InChI=1S/C20H21NO2/c22-19(16-8-2-1-3-9-16)17-10-12-18(13-11-17)20(23)21-14-15-6-4-5-7-15/h1-3,8-13,15H,4-7,14H2,(H,21,23). The summed E-state index contributed by atoms with van der Waals surface area (Å²) in [6.45, 7) is 0.754. The molecular weight excluding hydrogens is 286 g/mol. The normalized spacial score (nSPS) is 14.6. The second-order valence-electron chi connectivity index (χ2n) is 6.13. The zero-order chi connectivity index (χ0) is 16.1. The minimum atomic E-state index is -0.0596. The van der Waals surface area contributed by atoms with Crippen molar-refractivity contribution in [2.45, 2.75) is 25.7 Å². The third-order valence-electron chi connectivity index (χ3n) is 4.47. The van der Waals surface area contributed by atoms with Crippen molar-refractivity contribution in [3.63, 3.8) is 0 Å². The van der Waals surface area contributed by atoms with E-state index in [4.69, 9.17) is 0 Å². The highest BCUT2D eigenvalue weighted by atomic mass is 16.1. The number of carbonyl (C=O) groups excluding carboxylic acids is 2.